The summed E-state index contributed by atoms with van der Waals surface area (Å²) in [7, 11) is -1.42. The van der Waals surface area contributed by atoms with Crippen LogP contribution < -0.4 is 15.8 Å². The third-order valence-corrected chi connectivity index (χ3v) is 4.94. The van der Waals surface area contributed by atoms with Crippen molar-refractivity contribution >= 4 is 28.3 Å². The Hall–Kier alpha value is -4.00. The number of rotatable bonds is 6. The topological polar surface area (TPSA) is 132 Å². The van der Waals surface area contributed by atoms with E-state index >= 15 is 0 Å². The molecule has 4 N–H and O–H groups in total. The molecule has 0 spiro atoms. The summed E-state index contributed by atoms with van der Waals surface area (Å²) in [6, 6.07) is 12.9. The lowest BCUT2D eigenvalue weighted by Gasteiger charge is -2.08. The van der Waals surface area contributed by atoms with E-state index in [1.165, 1.54) is 24.5 Å². The standard InChI is InChI=1S/C20H16F3N7O2S/c1-33(31)19-26-15(24)10-16(27-19)32-14-7-5-11(6-8-14)17-28-18(30-29-17)25-13-4-2-3-12(9-13)20(21,22)23/h2-10H,1H3,(H2,24,26,27)(H2,25,28,29,30). The van der Waals surface area contributed by atoms with Gasteiger partial charge in [-0.25, -0.2) is 4.98 Å². The highest BCUT2D eigenvalue weighted by molar-refractivity contribution is 7.84. The second kappa shape index (κ2) is 8.86. The fraction of sp³-hybridized carbons (Fsp3) is 0.100. The average Bonchev–Trinajstić information content (AvgIpc) is 3.22. The first-order valence-electron chi connectivity index (χ1n) is 9.30. The largest absolute Gasteiger partial charge is 0.439 e. The predicted molar refractivity (Wildman–Crippen MR) is 115 cm³/mol. The lowest BCUT2D eigenvalue weighted by atomic mass is 10.2. The molecule has 1 atom stereocenters. The van der Waals surface area contributed by atoms with Gasteiger partial charge in [0.2, 0.25) is 17.0 Å². The molecule has 13 heteroatoms. The van der Waals surface area contributed by atoms with Crippen molar-refractivity contribution in [1.29, 1.82) is 0 Å². The minimum absolute atomic E-state index is 0.0593. The molecule has 0 aliphatic rings. The molecule has 170 valence electrons. The van der Waals surface area contributed by atoms with Crippen molar-refractivity contribution in [2.24, 2.45) is 0 Å². The third-order valence-electron chi connectivity index (χ3n) is 4.24. The van der Waals surface area contributed by atoms with Gasteiger partial charge in [0.15, 0.2) is 5.82 Å². The molecule has 0 radical (unpaired) electrons. The number of halogens is 3. The first-order chi connectivity index (χ1) is 15.7. The average molecular weight is 475 g/mol. The van der Waals surface area contributed by atoms with E-state index in [0.717, 1.165) is 12.1 Å². The van der Waals surface area contributed by atoms with Gasteiger partial charge < -0.3 is 15.8 Å². The number of nitrogen functional groups attached to an aromatic ring is 1. The third kappa shape index (κ3) is 5.44. The molecule has 0 bridgehead atoms. The zero-order chi connectivity index (χ0) is 23.6. The number of benzene rings is 2. The zero-order valence-corrected chi connectivity index (χ0v) is 17.7. The Balaban J connectivity index is 1.47. The molecule has 1 unspecified atom stereocenters. The van der Waals surface area contributed by atoms with E-state index < -0.39 is 22.5 Å². The highest BCUT2D eigenvalue weighted by Crippen LogP contribution is 2.31. The van der Waals surface area contributed by atoms with E-state index in [-0.39, 0.29) is 28.5 Å². The molecule has 2 aromatic carbocycles. The molecule has 2 heterocycles. The molecule has 9 nitrogen and oxygen atoms in total. The molecule has 4 rings (SSSR count). The molecule has 4 aromatic rings. The second-order valence-corrected chi connectivity index (χ2v) is 7.98. The molecule has 0 amide bonds. The molecular weight excluding hydrogens is 459 g/mol. The number of nitrogens with zero attached hydrogens (tertiary/aromatic N) is 4. The summed E-state index contributed by atoms with van der Waals surface area (Å²) in [6.07, 6.45) is -3.01. The molecule has 0 aliphatic carbocycles. The number of hydrogen-bond acceptors (Lipinski definition) is 8. The number of nitrogens with two attached hydrogens (primary N) is 1. The van der Waals surface area contributed by atoms with Crippen molar-refractivity contribution in [3.05, 3.63) is 60.2 Å². The van der Waals surface area contributed by atoms with E-state index in [1.807, 2.05) is 0 Å². The Morgan fingerprint density at radius 2 is 1.82 bits per heavy atom. The van der Waals surface area contributed by atoms with Crippen molar-refractivity contribution in [3.63, 3.8) is 0 Å². The SMILES string of the molecule is CS(=O)c1nc(N)cc(Oc2ccc(-c3nc(Nc4cccc(C(F)(F)F)c4)n[nH]3)cc2)n1. The van der Waals surface area contributed by atoms with Gasteiger partial charge >= 0.3 is 6.18 Å². The fourth-order valence-corrected chi connectivity index (χ4v) is 3.20. The quantitative estimate of drug-likeness (QED) is 0.355. The minimum Gasteiger partial charge on any atom is -0.439 e. The first-order valence-corrected chi connectivity index (χ1v) is 10.9. The summed E-state index contributed by atoms with van der Waals surface area (Å²) in [5.41, 5.74) is 5.78. The van der Waals surface area contributed by atoms with Gasteiger partial charge in [-0.3, -0.25) is 9.31 Å². The number of ether oxygens (including phenoxy) is 1. The van der Waals surface area contributed by atoms with E-state index in [4.69, 9.17) is 10.5 Å². The Morgan fingerprint density at radius 1 is 1.06 bits per heavy atom. The fourth-order valence-electron chi connectivity index (χ4n) is 2.75. The van der Waals surface area contributed by atoms with E-state index in [0.29, 0.717) is 17.1 Å². The lowest BCUT2D eigenvalue weighted by molar-refractivity contribution is -0.137. The van der Waals surface area contributed by atoms with Crippen LogP contribution in [-0.2, 0) is 17.0 Å². The van der Waals surface area contributed by atoms with Gasteiger partial charge in [-0.2, -0.15) is 23.1 Å². The highest BCUT2D eigenvalue weighted by atomic mass is 32.2. The summed E-state index contributed by atoms with van der Waals surface area (Å²) in [5.74, 6) is 1.22. The molecule has 0 aliphatic heterocycles. The van der Waals surface area contributed by atoms with Gasteiger partial charge in [0.1, 0.15) is 11.6 Å². The molecule has 0 saturated heterocycles. The summed E-state index contributed by atoms with van der Waals surface area (Å²) in [5, 5.41) is 9.51. The summed E-state index contributed by atoms with van der Waals surface area (Å²) < 4.78 is 55.9. The maximum atomic E-state index is 12.9. The summed E-state index contributed by atoms with van der Waals surface area (Å²) in [4.78, 5) is 12.2. The van der Waals surface area contributed by atoms with Crippen molar-refractivity contribution in [2.45, 2.75) is 11.3 Å². The number of nitrogens with one attached hydrogen (secondary N) is 2. The van der Waals surface area contributed by atoms with Gasteiger partial charge in [-0.15, -0.1) is 5.10 Å². The van der Waals surface area contributed by atoms with Crippen LogP contribution in [0.5, 0.6) is 11.6 Å². The molecule has 0 fully saturated rings. The van der Waals surface area contributed by atoms with Gasteiger partial charge in [0, 0.05) is 23.6 Å². The maximum absolute atomic E-state index is 12.9. The zero-order valence-electron chi connectivity index (χ0n) is 16.9. The van der Waals surface area contributed by atoms with Gasteiger partial charge in [0.05, 0.1) is 16.4 Å². The van der Waals surface area contributed by atoms with Crippen LogP contribution >= 0.6 is 0 Å². The van der Waals surface area contributed by atoms with Crippen LogP contribution in [0.3, 0.4) is 0 Å². The normalized spacial score (nSPS) is 12.4. The van der Waals surface area contributed by atoms with E-state index in [9.17, 15) is 17.4 Å². The summed E-state index contributed by atoms with van der Waals surface area (Å²) in [6.45, 7) is 0. The van der Waals surface area contributed by atoms with E-state index in [2.05, 4.69) is 30.5 Å². The smallest absolute Gasteiger partial charge is 0.416 e. The van der Waals surface area contributed by atoms with Gasteiger partial charge in [-0.1, -0.05) is 6.07 Å². The second-order valence-electron chi connectivity index (χ2n) is 6.71. The van der Waals surface area contributed by atoms with Crippen LogP contribution in [-0.4, -0.2) is 35.6 Å². The van der Waals surface area contributed by atoms with Crippen LogP contribution in [0.25, 0.3) is 11.4 Å². The van der Waals surface area contributed by atoms with Crippen LogP contribution in [0.4, 0.5) is 30.6 Å². The maximum Gasteiger partial charge on any atom is 0.416 e. The van der Waals surface area contributed by atoms with E-state index in [1.54, 1.807) is 24.3 Å². The number of H-pyrrole nitrogens is 1. The van der Waals surface area contributed by atoms with Crippen LogP contribution in [0.1, 0.15) is 5.56 Å². The molecule has 0 saturated carbocycles. The first kappa shape index (κ1) is 22.2. The molecule has 33 heavy (non-hydrogen) atoms. The number of aromatic amines is 1. The van der Waals surface area contributed by atoms with Crippen LogP contribution in [0.15, 0.2) is 59.8 Å². The van der Waals surface area contributed by atoms with Crippen molar-refractivity contribution < 1.29 is 22.1 Å². The minimum atomic E-state index is -4.45. The summed E-state index contributed by atoms with van der Waals surface area (Å²) >= 11 is 0. The van der Waals surface area contributed by atoms with Crippen molar-refractivity contribution in [3.8, 4) is 23.0 Å². The van der Waals surface area contributed by atoms with Gasteiger partial charge in [0.25, 0.3) is 0 Å². The predicted octanol–water partition coefficient (Wildman–Crippen LogP) is 4.14. The molecular formula is C20H16F3N7O2S. The monoisotopic (exact) mass is 475 g/mol. The van der Waals surface area contributed by atoms with Crippen LogP contribution in [0.2, 0.25) is 0 Å². The number of hydrogen-bond donors (Lipinski definition) is 3. The number of aromatic nitrogens is 5. The Morgan fingerprint density at radius 3 is 2.52 bits per heavy atom. The Kier molecular flexibility index (Phi) is 5.96. The van der Waals surface area contributed by atoms with Crippen molar-refractivity contribution in [1.82, 2.24) is 25.1 Å². The lowest BCUT2D eigenvalue weighted by Crippen LogP contribution is -2.05. The Labute approximate surface area is 187 Å². The Bertz CT molecular complexity index is 1310. The highest BCUT2D eigenvalue weighted by Gasteiger charge is 2.30. The van der Waals surface area contributed by atoms with Gasteiger partial charge in [-0.05, 0) is 42.5 Å². The van der Waals surface area contributed by atoms with Crippen molar-refractivity contribution in [2.75, 3.05) is 17.3 Å². The van der Waals surface area contributed by atoms with Crippen LogP contribution in [0, 0.1) is 0 Å². The molecule has 2 aromatic heterocycles. The number of anilines is 3. The number of alkyl halides is 3.